The van der Waals surface area contributed by atoms with Crippen LogP contribution in [0.3, 0.4) is 0 Å². The minimum absolute atomic E-state index is 0.214. The van der Waals surface area contributed by atoms with Gasteiger partial charge < -0.3 is 19.5 Å². The predicted octanol–water partition coefficient (Wildman–Crippen LogP) is 3.27. The lowest BCUT2D eigenvalue weighted by Crippen LogP contribution is -2.26. The number of ether oxygens (including phenoxy) is 3. The lowest BCUT2D eigenvalue weighted by Gasteiger charge is -2.25. The standard InChI is InChI=1S/C17H25NO3/c1-2-18-15(11-19-9-8-13-4-3-5-13)14-6-7-16-17(10-14)21-12-20-16/h6-7,10,13,15,18H,2-5,8-9,11-12H2,1H3. The van der Waals surface area contributed by atoms with E-state index in [4.69, 9.17) is 14.2 Å². The summed E-state index contributed by atoms with van der Waals surface area (Å²) >= 11 is 0. The second-order valence-electron chi connectivity index (χ2n) is 5.88. The van der Waals surface area contributed by atoms with Crippen LogP contribution in [-0.2, 0) is 4.74 Å². The van der Waals surface area contributed by atoms with E-state index in [1.54, 1.807) is 0 Å². The van der Waals surface area contributed by atoms with E-state index in [9.17, 15) is 0 Å². The van der Waals surface area contributed by atoms with Crippen molar-refractivity contribution in [1.82, 2.24) is 5.32 Å². The van der Waals surface area contributed by atoms with Gasteiger partial charge in [-0.2, -0.15) is 0 Å². The van der Waals surface area contributed by atoms with Crippen molar-refractivity contribution in [3.8, 4) is 11.5 Å². The summed E-state index contributed by atoms with van der Waals surface area (Å²) in [6.07, 6.45) is 5.40. The van der Waals surface area contributed by atoms with Crippen LogP contribution in [0.4, 0.5) is 0 Å². The van der Waals surface area contributed by atoms with Gasteiger partial charge >= 0.3 is 0 Å². The van der Waals surface area contributed by atoms with Crippen LogP contribution in [-0.4, -0.2) is 26.6 Å². The average Bonchev–Trinajstić information content (AvgIpc) is 2.91. The first-order valence-corrected chi connectivity index (χ1v) is 8.07. The molecule has 4 nitrogen and oxygen atoms in total. The van der Waals surface area contributed by atoms with Crippen molar-refractivity contribution in [3.63, 3.8) is 0 Å². The fourth-order valence-corrected chi connectivity index (χ4v) is 2.88. The normalized spacial score (nSPS) is 18.5. The van der Waals surface area contributed by atoms with Crippen molar-refractivity contribution >= 4 is 0 Å². The number of benzene rings is 1. The molecule has 0 spiro atoms. The Bertz CT molecular complexity index is 459. The van der Waals surface area contributed by atoms with E-state index in [2.05, 4.69) is 24.4 Å². The van der Waals surface area contributed by atoms with Crippen LogP contribution >= 0.6 is 0 Å². The molecule has 3 rings (SSSR count). The van der Waals surface area contributed by atoms with E-state index in [0.29, 0.717) is 13.4 Å². The molecule has 1 N–H and O–H groups in total. The van der Waals surface area contributed by atoms with Crippen LogP contribution in [0.5, 0.6) is 11.5 Å². The maximum atomic E-state index is 5.89. The molecule has 2 aliphatic rings. The summed E-state index contributed by atoms with van der Waals surface area (Å²) in [7, 11) is 0. The van der Waals surface area contributed by atoms with E-state index in [1.807, 2.05) is 6.07 Å². The number of rotatable bonds is 8. The van der Waals surface area contributed by atoms with Crippen molar-refractivity contribution in [1.29, 1.82) is 0 Å². The summed E-state index contributed by atoms with van der Waals surface area (Å²) in [6, 6.07) is 6.35. The molecule has 1 heterocycles. The molecule has 1 saturated carbocycles. The molecule has 1 aromatic carbocycles. The topological polar surface area (TPSA) is 39.7 Å². The molecular weight excluding hydrogens is 266 g/mol. The first-order chi connectivity index (χ1) is 10.4. The van der Waals surface area contributed by atoms with Crippen LogP contribution < -0.4 is 14.8 Å². The van der Waals surface area contributed by atoms with Gasteiger partial charge in [0.15, 0.2) is 11.5 Å². The van der Waals surface area contributed by atoms with Crippen LogP contribution in [0.1, 0.15) is 44.2 Å². The lowest BCUT2D eigenvalue weighted by molar-refractivity contribution is 0.0891. The van der Waals surface area contributed by atoms with Gasteiger partial charge in [0.05, 0.1) is 12.6 Å². The first kappa shape index (κ1) is 14.7. The van der Waals surface area contributed by atoms with Crippen LogP contribution in [0.2, 0.25) is 0 Å². The SMILES string of the molecule is CCNC(COCCC1CCC1)c1ccc2c(c1)OCO2. The van der Waals surface area contributed by atoms with Crippen molar-refractivity contribution in [2.75, 3.05) is 26.6 Å². The minimum atomic E-state index is 0.214. The second-order valence-corrected chi connectivity index (χ2v) is 5.88. The Balaban J connectivity index is 1.52. The average molecular weight is 291 g/mol. The molecule has 1 aromatic rings. The van der Waals surface area contributed by atoms with Crippen molar-refractivity contribution < 1.29 is 14.2 Å². The Hall–Kier alpha value is -1.26. The predicted molar refractivity (Wildman–Crippen MR) is 81.8 cm³/mol. The summed E-state index contributed by atoms with van der Waals surface area (Å²) in [6.45, 7) is 4.94. The summed E-state index contributed by atoms with van der Waals surface area (Å²) < 4.78 is 16.7. The lowest BCUT2D eigenvalue weighted by atomic mass is 9.83. The highest BCUT2D eigenvalue weighted by molar-refractivity contribution is 5.45. The van der Waals surface area contributed by atoms with Gasteiger partial charge in [-0.15, -0.1) is 0 Å². The smallest absolute Gasteiger partial charge is 0.231 e. The Morgan fingerprint density at radius 3 is 2.90 bits per heavy atom. The third kappa shape index (κ3) is 3.69. The molecule has 1 aliphatic carbocycles. The highest BCUT2D eigenvalue weighted by Crippen LogP contribution is 2.34. The molecule has 0 bridgehead atoms. The van der Waals surface area contributed by atoms with Gasteiger partial charge in [0, 0.05) is 6.61 Å². The number of likely N-dealkylation sites (N-methyl/N-ethyl adjacent to an activating group) is 1. The van der Waals surface area contributed by atoms with Crippen molar-refractivity contribution in [3.05, 3.63) is 23.8 Å². The molecule has 0 saturated heterocycles. The summed E-state index contributed by atoms with van der Waals surface area (Å²) in [5.74, 6) is 2.58. The van der Waals surface area contributed by atoms with E-state index in [-0.39, 0.29) is 6.04 Å². The number of hydrogen-bond donors (Lipinski definition) is 1. The van der Waals surface area contributed by atoms with Crippen LogP contribution in [0.15, 0.2) is 18.2 Å². The Labute approximate surface area is 126 Å². The monoisotopic (exact) mass is 291 g/mol. The zero-order valence-electron chi connectivity index (χ0n) is 12.8. The van der Waals surface area contributed by atoms with Gasteiger partial charge in [-0.1, -0.05) is 32.3 Å². The Morgan fingerprint density at radius 1 is 1.29 bits per heavy atom. The zero-order chi connectivity index (χ0) is 14.5. The van der Waals surface area contributed by atoms with Gasteiger partial charge in [-0.25, -0.2) is 0 Å². The quantitative estimate of drug-likeness (QED) is 0.746. The zero-order valence-corrected chi connectivity index (χ0v) is 12.8. The van der Waals surface area contributed by atoms with Gasteiger partial charge in [0.1, 0.15) is 0 Å². The van der Waals surface area contributed by atoms with Crippen molar-refractivity contribution in [2.24, 2.45) is 5.92 Å². The molecular formula is C17H25NO3. The molecule has 1 aliphatic heterocycles. The molecule has 116 valence electrons. The summed E-state index contributed by atoms with van der Waals surface area (Å²) in [5, 5.41) is 3.48. The van der Waals surface area contributed by atoms with Gasteiger partial charge in [-0.3, -0.25) is 0 Å². The molecule has 0 amide bonds. The third-order valence-corrected chi connectivity index (χ3v) is 4.43. The summed E-state index contributed by atoms with van der Waals surface area (Å²) in [5.41, 5.74) is 1.20. The highest BCUT2D eigenvalue weighted by atomic mass is 16.7. The summed E-state index contributed by atoms with van der Waals surface area (Å²) in [4.78, 5) is 0. The largest absolute Gasteiger partial charge is 0.454 e. The molecule has 1 atom stereocenters. The highest BCUT2D eigenvalue weighted by Gasteiger charge is 2.19. The molecule has 4 heteroatoms. The number of fused-ring (bicyclic) bond motifs is 1. The minimum Gasteiger partial charge on any atom is -0.454 e. The maximum absolute atomic E-state index is 5.89. The van der Waals surface area contributed by atoms with E-state index in [1.165, 1.54) is 31.2 Å². The fourth-order valence-electron chi connectivity index (χ4n) is 2.88. The molecule has 21 heavy (non-hydrogen) atoms. The first-order valence-electron chi connectivity index (χ1n) is 8.07. The van der Waals surface area contributed by atoms with Gasteiger partial charge in [0.2, 0.25) is 6.79 Å². The van der Waals surface area contributed by atoms with E-state index in [0.717, 1.165) is 30.6 Å². The maximum Gasteiger partial charge on any atom is 0.231 e. The van der Waals surface area contributed by atoms with Gasteiger partial charge in [0.25, 0.3) is 0 Å². The van der Waals surface area contributed by atoms with E-state index < -0.39 is 0 Å². The Kier molecular flexibility index (Phi) is 4.99. The molecule has 0 aromatic heterocycles. The number of nitrogens with one attached hydrogen (secondary N) is 1. The van der Waals surface area contributed by atoms with Crippen molar-refractivity contribution in [2.45, 2.75) is 38.6 Å². The Morgan fingerprint density at radius 2 is 2.14 bits per heavy atom. The van der Waals surface area contributed by atoms with E-state index >= 15 is 0 Å². The molecule has 1 fully saturated rings. The third-order valence-electron chi connectivity index (χ3n) is 4.43. The molecule has 0 radical (unpaired) electrons. The second kappa shape index (κ2) is 7.14. The fraction of sp³-hybridized carbons (Fsp3) is 0.647. The van der Waals surface area contributed by atoms with Gasteiger partial charge in [-0.05, 0) is 36.6 Å². The van der Waals surface area contributed by atoms with Crippen LogP contribution in [0, 0.1) is 5.92 Å². The van der Waals surface area contributed by atoms with Crippen LogP contribution in [0.25, 0.3) is 0 Å². The number of hydrogen-bond acceptors (Lipinski definition) is 4. The molecule has 1 unspecified atom stereocenters.